The fourth-order valence-electron chi connectivity index (χ4n) is 1.00. The van der Waals surface area contributed by atoms with E-state index in [1.165, 1.54) is 0 Å². The summed E-state index contributed by atoms with van der Waals surface area (Å²) in [6, 6.07) is 0. The molecule has 0 aromatic rings. The maximum Gasteiger partial charge on any atom is 0.331 e. The SMILES string of the molecule is CCN(CC)CCOC(=O)C=CC(=O)O. The molecule has 0 bridgehead atoms. The largest absolute Gasteiger partial charge is 0.478 e. The molecule has 5 heteroatoms. The van der Waals surface area contributed by atoms with Crippen LogP contribution < -0.4 is 0 Å². The highest BCUT2D eigenvalue weighted by Crippen LogP contribution is 1.88. The van der Waals surface area contributed by atoms with Crippen molar-refractivity contribution in [3.63, 3.8) is 0 Å². The number of nitrogens with zero attached hydrogens (tertiary/aromatic N) is 1. The third-order valence-electron chi connectivity index (χ3n) is 1.91. The minimum atomic E-state index is -1.16. The first-order chi connectivity index (χ1) is 7.10. The lowest BCUT2D eigenvalue weighted by Crippen LogP contribution is -2.27. The number of carbonyl (C=O) groups excluding carboxylic acids is 1. The van der Waals surface area contributed by atoms with Crippen LogP contribution in [0.3, 0.4) is 0 Å². The zero-order valence-electron chi connectivity index (χ0n) is 9.10. The smallest absolute Gasteiger partial charge is 0.331 e. The molecule has 0 saturated carbocycles. The fraction of sp³-hybridized carbons (Fsp3) is 0.600. The number of esters is 1. The molecule has 0 radical (unpaired) electrons. The molecular weight excluding hydrogens is 198 g/mol. The van der Waals surface area contributed by atoms with Crippen molar-refractivity contribution < 1.29 is 19.4 Å². The molecule has 0 atom stereocenters. The Morgan fingerprint density at radius 3 is 2.33 bits per heavy atom. The summed E-state index contributed by atoms with van der Waals surface area (Å²) in [5.41, 5.74) is 0. The molecule has 0 aliphatic heterocycles. The average molecular weight is 215 g/mol. The van der Waals surface area contributed by atoms with Crippen LogP contribution in [-0.4, -0.2) is 48.2 Å². The third kappa shape index (κ3) is 7.69. The van der Waals surface area contributed by atoms with Crippen molar-refractivity contribution in [2.24, 2.45) is 0 Å². The predicted molar refractivity (Wildman–Crippen MR) is 55.5 cm³/mol. The van der Waals surface area contributed by atoms with Gasteiger partial charge in [-0.25, -0.2) is 9.59 Å². The summed E-state index contributed by atoms with van der Waals surface area (Å²) in [5.74, 6) is -1.78. The lowest BCUT2D eigenvalue weighted by Gasteiger charge is -2.16. The highest BCUT2D eigenvalue weighted by molar-refractivity contribution is 5.90. The number of likely N-dealkylation sites (N-methyl/N-ethyl adjacent to an activating group) is 1. The van der Waals surface area contributed by atoms with Gasteiger partial charge in [0.25, 0.3) is 0 Å². The second-order valence-corrected chi connectivity index (χ2v) is 2.87. The number of hydrogen-bond acceptors (Lipinski definition) is 4. The zero-order chi connectivity index (χ0) is 11.7. The Kier molecular flexibility index (Phi) is 7.27. The van der Waals surface area contributed by atoms with Gasteiger partial charge in [0.1, 0.15) is 6.61 Å². The quantitative estimate of drug-likeness (QED) is 0.495. The number of aliphatic carboxylic acids is 1. The van der Waals surface area contributed by atoms with E-state index in [0.717, 1.165) is 25.2 Å². The molecule has 1 N–H and O–H groups in total. The molecule has 0 rings (SSSR count). The molecule has 0 aliphatic rings. The molecule has 0 amide bonds. The standard InChI is InChI=1S/C10H17NO4/c1-3-11(4-2)7-8-15-10(14)6-5-9(12)13/h5-6H,3-4,7-8H2,1-2H3,(H,12,13). The summed E-state index contributed by atoms with van der Waals surface area (Å²) in [4.78, 5) is 23.1. The van der Waals surface area contributed by atoms with Crippen molar-refractivity contribution in [2.45, 2.75) is 13.8 Å². The fourth-order valence-corrected chi connectivity index (χ4v) is 1.00. The van der Waals surface area contributed by atoms with Gasteiger partial charge in [-0.2, -0.15) is 0 Å². The molecule has 0 saturated heterocycles. The van der Waals surface area contributed by atoms with Crippen LogP contribution in [0.15, 0.2) is 12.2 Å². The maximum absolute atomic E-state index is 10.9. The number of carboxylic acids is 1. The first-order valence-corrected chi connectivity index (χ1v) is 4.90. The summed E-state index contributed by atoms with van der Waals surface area (Å²) in [6.07, 6.45) is 1.67. The molecule has 0 unspecified atom stereocenters. The van der Waals surface area contributed by atoms with Crippen LogP contribution in [0.2, 0.25) is 0 Å². The summed E-state index contributed by atoms with van der Waals surface area (Å²) >= 11 is 0. The normalized spacial score (nSPS) is 10.9. The van der Waals surface area contributed by atoms with Gasteiger partial charge in [0.15, 0.2) is 0 Å². The van der Waals surface area contributed by atoms with E-state index < -0.39 is 11.9 Å². The van der Waals surface area contributed by atoms with Crippen molar-refractivity contribution in [3.8, 4) is 0 Å². The van der Waals surface area contributed by atoms with Crippen LogP contribution >= 0.6 is 0 Å². The average Bonchev–Trinajstić information content (AvgIpc) is 2.21. The first-order valence-electron chi connectivity index (χ1n) is 4.90. The van der Waals surface area contributed by atoms with E-state index in [1.54, 1.807) is 0 Å². The van der Waals surface area contributed by atoms with Gasteiger partial charge in [-0.05, 0) is 13.1 Å². The molecule has 0 aromatic heterocycles. The summed E-state index contributed by atoms with van der Waals surface area (Å²) in [6.45, 7) is 6.80. The molecule has 0 heterocycles. The summed E-state index contributed by atoms with van der Waals surface area (Å²) in [5, 5.41) is 8.25. The number of rotatable bonds is 7. The van der Waals surface area contributed by atoms with Crippen LogP contribution in [0.4, 0.5) is 0 Å². The highest BCUT2D eigenvalue weighted by atomic mass is 16.5. The Morgan fingerprint density at radius 1 is 1.27 bits per heavy atom. The molecular formula is C10H17NO4. The highest BCUT2D eigenvalue weighted by Gasteiger charge is 2.01. The number of carbonyl (C=O) groups is 2. The minimum Gasteiger partial charge on any atom is -0.478 e. The number of ether oxygens (including phenoxy) is 1. The van der Waals surface area contributed by atoms with Gasteiger partial charge in [-0.3, -0.25) is 0 Å². The molecule has 0 aromatic carbocycles. The second kappa shape index (κ2) is 7.99. The van der Waals surface area contributed by atoms with Crippen molar-refractivity contribution in [1.82, 2.24) is 4.90 Å². The maximum atomic E-state index is 10.9. The van der Waals surface area contributed by atoms with E-state index in [9.17, 15) is 9.59 Å². The monoisotopic (exact) mass is 215 g/mol. The Morgan fingerprint density at radius 2 is 1.87 bits per heavy atom. The van der Waals surface area contributed by atoms with Crippen LogP contribution in [0, 0.1) is 0 Å². The molecule has 15 heavy (non-hydrogen) atoms. The van der Waals surface area contributed by atoms with E-state index in [4.69, 9.17) is 9.84 Å². The lowest BCUT2D eigenvalue weighted by molar-refractivity contribution is -0.139. The number of hydrogen-bond donors (Lipinski definition) is 1. The summed E-state index contributed by atoms with van der Waals surface area (Å²) in [7, 11) is 0. The van der Waals surface area contributed by atoms with Gasteiger partial charge >= 0.3 is 11.9 Å². The Hall–Kier alpha value is -1.36. The van der Waals surface area contributed by atoms with Gasteiger partial charge in [0.05, 0.1) is 0 Å². The van der Waals surface area contributed by atoms with E-state index in [2.05, 4.69) is 4.90 Å². The number of carboxylic acid groups (broad SMARTS) is 1. The van der Waals surface area contributed by atoms with Crippen LogP contribution in [0.5, 0.6) is 0 Å². The van der Waals surface area contributed by atoms with Crippen LogP contribution in [0.25, 0.3) is 0 Å². The Bertz CT molecular complexity index is 234. The lowest BCUT2D eigenvalue weighted by atomic mass is 10.5. The van der Waals surface area contributed by atoms with Crippen molar-refractivity contribution in [1.29, 1.82) is 0 Å². The Labute approximate surface area is 89.3 Å². The molecule has 0 aliphatic carbocycles. The van der Waals surface area contributed by atoms with Crippen molar-refractivity contribution in [3.05, 3.63) is 12.2 Å². The summed E-state index contributed by atoms with van der Waals surface area (Å²) < 4.78 is 4.80. The van der Waals surface area contributed by atoms with E-state index in [1.807, 2.05) is 13.8 Å². The first kappa shape index (κ1) is 13.6. The van der Waals surface area contributed by atoms with Gasteiger partial charge in [0.2, 0.25) is 0 Å². The van der Waals surface area contributed by atoms with E-state index >= 15 is 0 Å². The van der Waals surface area contributed by atoms with Gasteiger partial charge in [-0.15, -0.1) is 0 Å². The Balaban J connectivity index is 3.67. The van der Waals surface area contributed by atoms with Crippen molar-refractivity contribution >= 4 is 11.9 Å². The van der Waals surface area contributed by atoms with Crippen molar-refractivity contribution in [2.75, 3.05) is 26.2 Å². The van der Waals surface area contributed by atoms with Crippen LogP contribution in [0.1, 0.15) is 13.8 Å². The minimum absolute atomic E-state index is 0.282. The topological polar surface area (TPSA) is 66.8 Å². The molecule has 0 spiro atoms. The zero-order valence-corrected chi connectivity index (χ0v) is 9.10. The molecule has 0 fully saturated rings. The van der Waals surface area contributed by atoms with E-state index in [0.29, 0.717) is 6.54 Å². The predicted octanol–water partition coefficient (Wildman–Crippen LogP) is 0.512. The third-order valence-corrected chi connectivity index (χ3v) is 1.91. The van der Waals surface area contributed by atoms with Crippen LogP contribution in [-0.2, 0) is 14.3 Å². The molecule has 86 valence electrons. The second-order valence-electron chi connectivity index (χ2n) is 2.87. The van der Waals surface area contributed by atoms with Gasteiger partial charge < -0.3 is 14.7 Å². The molecule has 5 nitrogen and oxygen atoms in total. The van der Waals surface area contributed by atoms with E-state index in [-0.39, 0.29) is 6.61 Å². The van der Waals surface area contributed by atoms with Gasteiger partial charge in [-0.1, -0.05) is 13.8 Å². The van der Waals surface area contributed by atoms with Gasteiger partial charge in [0, 0.05) is 18.7 Å².